The van der Waals surface area contributed by atoms with Crippen LogP contribution in [0, 0.1) is 13.8 Å². The third-order valence-electron chi connectivity index (χ3n) is 3.95. The molecule has 1 aromatic carbocycles. The molecule has 23 heavy (non-hydrogen) atoms. The standard InChI is InChI=1S/C18H24N2O3/c1-13-11-15(12-17(19)18(21)22-3)14(2)20(13)9-10-23-16-7-5-4-6-8-16/h4-8,11,17H,9-10,12,19H2,1-3H3. The lowest BCUT2D eigenvalue weighted by atomic mass is 10.1. The highest BCUT2D eigenvalue weighted by molar-refractivity contribution is 5.75. The average molecular weight is 316 g/mol. The first-order valence-electron chi connectivity index (χ1n) is 7.69. The van der Waals surface area contributed by atoms with Gasteiger partial charge in [0.1, 0.15) is 18.4 Å². The fourth-order valence-electron chi connectivity index (χ4n) is 2.67. The summed E-state index contributed by atoms with van der Waals surface area (Å²) in [5.41, 5.74) is 9.17. The lowest BCUT2D eigenvalue weighted by Crippen LogP contribution is -2.33. The second-order valence-electron chi connectivity index (χ2n) is 5.54. The molecule has 1 unspecified atom stereocenters. The average Bonchev–Trinajstić information content (AvgIpc) is 2.82. The quantitative estimate of drug-likeness (QED) is 0.796. The first-order chi connectivity index (χ1) is 11.0. The van der Waals surface area contributed by atoms with Crippen LogP contribution in [0.25, 0.3) is 0 Å². The third kappa shape index (κ3) is 4.36. The highest BCUT2D eigenvalue weighted by Gasteiger charge is 2.18. The van der Waals surface area contributed by atoms with E-state index in [0.717, 1.165) is 29.2 Å². The van der Waals surface area contributed by atoms with E-state index in [1.54, 1.807) is 0 Å². The van der Waals surface area contributed by atoms with Crippen LogP contribution in [0.1, 0.15) is 17.0 Å². The van der Waals surface area contributed by atoms with Crippen molar-refractivity contribution in [3.05, 3.63) is 53.3 Å². The largest absolute Gasteiger partial charge is 0.492 e. The van der Waals surface area contributed by atoms with Gasteiger partial charge in [0.25, 0.3) is 0 Å². The maximum absolute atomic E-state index is 11.5. The maximum atomic E-state index is 11.5. The fraction of sp³-hybridized carbons (Fsp3) is 0.389. The monoisotopic (exact) mass is 316 g/mol. The van der Waals surface area contributed by atoms with E-state index in [-0.39, 0.29) is 5.97 Å². The molecule has 2 aromatic rings. The van der Waals surface area contributed by atoms with E-state index >= 15 is 0 Å². The van der Waals surface area contributed by atoms with Gasteiger partial charge in [-0.25, -0.2) is 0 Å². The molecular formula is C18H24N2O3. The van der Waals surface area contributed by atoms with Gasteiger partial charge in [0.2, 0.25) is 0 Å². The number of hydrogen-bond acceptors (Lipinski definition) is 4. The Morgan fingerprint density at radius 2 is 1.96 bits per heavy atom. The van der Waals surface area contributed by atoms with Crippen LogP contribution in [0.3, 0.4) is 0 Å². The van der Waals surface area contributed by atoms with Crippen molar-refractivity contribution in [1.29, 1.82) is 0 Å². The number of aromatic nitrogens is 1. The molecule has 5 nitrogen and oxygen atoms in total. The van der Waals surface area contributed by atoms with E-state index in [1.807, 2.05) is 44.2 Å². The zero-order valence-electron chi connectivity index (χ0n) is 13.9. The molecule has 2 rings (SSSR count). The van der Waals surface area contributed by atoms with Crippen LogP contribution in [0.2, 0.25) is 0 Å². The molecule has 0 aliphatic carbocycles. The van der Waals surface area contributed by atoms with E-state index in [4.69, 9.17) is 10.5 Å². The van der Waals surface area contributed by atoms with Gasteiger partial charge in [0.15, 0.2) is 0 Å². The predicted molar refractivity (Wildman–Crippen MR) is 89.5 cm³/mol. The number of para-hydroxylation sites is 1. The number of esters is 1. The minimum atomic E-state index is -0.630. The number of hydrogen-bond donors (Lipinski definition) is 1. The van der Waals surface area contributed by atoms with E-state index in [2.05, 4.69) is 15.4 Å². The summed E-state index contributed by atoms with van der Waals surface area (Å²) in [5, 5.41) is 0. The molecule has 0 radical (unpaired) electrons. The van der Waals surface area contributed by atoms with Crippen LogP contribution in [0.5, 0.6) is 5.75 Å². The van der Waals surface area contributed by atoms with Gasteiger partial charge >= 0.3 is 5.97 Å². The van der Waals surface area contributed by atoms with Gasteiger partial charge in [-0.1, -0.05) is 18.2 Å². The van der Waals surface area contributed by atoms with Gasteiger partial charge < -0.3 is 19.8 Å². The normalized spacial score (nSPS) is 12.0. The number of ether oxygens (including phenoxy) is 2. The Bertz CT molecular complexity index is 650. The van der Waals surface area contributed by atoms with Gasteiger partial charge in [-0.15, -0.1) is 0 Å². The fourth-order valence-corrected chi connectivity index (χ4v) is 2.67. The molecule has 0 saturated heterocycles. The molecular weight excluding hydrogens is 292 g/mol. The molecule has 1 atom stereocenters. The molecule has 0 amide bonds. The van der Waals surface area contributed by atoms with Crippen molar-refractivity contribution in [2.24, 2.45) is 5.73 Å². The van der Waals surface area contributed by atoms with Crippen molar-refractivity contribution >= 4 is 5.97 Å². The number of nitrogens with two attached hydrogens (primary N) is 1. The summed E-state index contributed by atoms with van der Waals surface area (Å²) in [7, 11) is 1.35. The summed E-state index contributed by atoms with van der Waals surface area (Å²) in [4.78, 5) is 11.5. The molecule has 0 spiro atoms. The second kappa shape index (κ2) is 7.83. The SMILES string of the molecule is COC(=O)C(N)Cc1cc(C)n(CCOc2ccccc2)c1C. The molecule has 1 aromatic heterocycles. The van der Waals surface area contributed by atoms with Crippen molar-refractivity contribution in [1.82, 2.24) is 4.57 Å². The van der Waals surface area contributed by atoms with E-state index < -0.39 is 6.04 Å². The van der Waals surface area contributed by atoms with Crippen LogP contribution in [-0.4, -0.2) is 30.3 Å². The molecule has 0 aliphatic rings. The Kier molecular flexibility index (Phi) is 5.82. The van der Waals surface area contributed by atoms with Crippen molar-refractivity contribution in [2.75, 3.05) is 13.7 Å². The van der Waals surface area contributed by atoms with Crippen molar-refractivity contribution in [3.63, 3.8) is 0 Å². The smallest absolute Gasteiger partial charge is 0.322 e. The van der Waals surface area contributed by atoms with Gasteiger partial charge in [-0.3, -0.25) is 4.79 Å². The summed E-state index contributed by atoms with van der Waals surface area (Å²) < 4.78 is 12.6. The first kappa shape index (κ1) is 17.1. The maximum Gasteiger partial charge on any atom is 0.322 e. The zero-order chi connectivity index (χ0) is 16.8. The molecule has 2 N–H and O–H groups in total. The summed E-state index contributed by atoms with van der Waals surface area (Å²) in [6.45, 7) is 5.42. The summed E-state index contributed by atoms with van der Waals surface area (Å²) >= 11 is 0. The van der Waals surface area contributed by atoms with Crippen LogP contribution < -0.4 is 10.5 Å². The van der Waals surface area contributed by atoms with E-state index in [1.165, 1.54) is 7.11 Å². The van der Waals surface area contributed by atoms with Gasteiger partial charge in [0, 0.05) is 11.4 Å². The molecule has 0 fully saturated rings. The Hall–Kier alpha value is -2.27. The number of aryl methyl sites for hydroxylation is 1. The van der Waals surface area contributed by atoms with Crippen molar-refractivity contribution < 1.29 is 14.3 Å². The molecule has 124 valence electrons. The van der Waals surface area contributed by atoms with Crippen molar-refractivity contribution in [2.45, 2.75) is 32.9 Å². The first-order valence-corrected chi connectivity index (χ1v) is 7.69. The minimum Gasteiger partial charge on any atom is -0.492 e. The Morgan fingerprint density at radius 3 is 2.61 bits per heavy atom. The number of methoxy groups -OCH3 is 1. The van der Waals surface area contributed by atoms with Crippen LogP contribution in [0.15, 0.2) is 36.4 Å². The molecule has 0 saturated carbocycles. The molecule has 0 bridgehead atoms. The van der Waals surface area contributed by atoms with Gasteiger partial charge in [-0.2, -0.15) is 0 Å². The van der Waals surface area contributed by atoms with Crippen LogP contribution >= 0.6 is 0 Å². The number of nitrogens with zero attached hydrogens (tertiary/aromatic N) is 1. The highest BCUT2D eigenvalue weighted by Crippen LogP contribution is 2.17. The Morgan fingerprint density at radius 1 is 1.26 bits per heavy atom. The van der Waals surface area contributed by atoms with E-state index in [0.29, 0.717) is 13.0 Å². The lowest BCUT2D eigenvalue weighted by Gasteiger charge is -2.12. The summed E-state index contributed by atoms with van der Waals surface area (Å²) in [5.74, 6) is 0.477. The van der Waals surface area contributed by atoms with Gasteiger partial charge in [-0.05, 0) is 44.0 Å². The lowest BCUT2D eigenvalue weighted by molar-refractivity contribution is -0.142. The Labute approximate surface area is 137 Å². The van der Waals surface area contributed by atoms with Crippen molar-refractivity contribution in [3.8, 4) is 5.75 Å². The van der Waals surface area contributed by atoms with Gasteiger partial charge in [0.05, 0.1) is 13.7 Å². The summed E-state index contributed by atoms with van der Waals surface area (Å²) in [6.07, 6.45) is 0.478. The third-order valence-corrected chi connectivity index (χ3v) is 3.95. The number of rotatable bonds is 7. The Balaban J connectivity index is 1.98. The van der Waals surface area contributed by atoms with Crippen LogP contribution in [0.4, 0.5) is 0 Å². The molecule has 1 heterocycles. The minimum absolute atomic E-state index is 0.387. The molecule has 5 heteroatoms. The van der Waals surface area contributed by atoms with Crippen LogP contribution in [-0.2, 0) is 22.5 Å². The highest BCUT2D eigenvalue weighted by atomic mass is 16.5. The summed E-state index contributed by atoms with van der Waals surface area (Å²) in [6, 6.07) is 11.2. The van der Waals surface area contributed by atoms with E-state index in [9.17, 15) is 4.79 Å². The number of carbonyl (C=O) groups excluding carboxylic acids is 1. The number of carbonyl (C=O) groups is 1. The second-order valence-corrected chi connectivity index (χ2v) is 5.54. The topological polar surface area (TPSA) is 66.5 Å². The zero-order valence-corrected chi connectivity index (χ0v) is 13.9. The molecule has 0 aliphatic heterocycles. The predicted octanol–water partition coefficient (Wildman–Crippen LogP) is 2.23. The number of benzene rings is 1.